The Morgan fingerprint density at radius 1 is 1.13 bits per heavy atom. The van der Waals surface area contributed by atoms with Crippen molar-refractivity contribution in [3.05, 3.63) is 47.7 Å². The van der Waals surface area contributed by atoms with Crippen molar-refractivity contribution in [2.45, 2.75) is 59.8 Å². The monoisotopic (exact) mass is 312 g/mol. The molecule has 126 valence electrons. The van der Waals surface area contributed by atoms with E-state index in [1.54, 1.807) is 0 Å². The quantitative estimate of drug-likeness (QED) is 0.488. The molecule has 0 aliphatic carbocycles. The highest BCUT2D eigenvalue weighted by atomic mass is 15.3. The summed E-state index contributed by atoms with van der Waals surface area (Å²) < 4.78 is 0. The highest BCUT2D eigenvalue weighted by molar-refractivity contribution is 5.81. The highest BCUT2D eigenvalue weighted by Crippen LogP contribution is 2.39. The van der Waals surface area contributed by atoms with Crippen LogP contribution >= 0.6 is 0 Å². The number of aryl methyl sites for hydroxylation is 1. The fraction of sp³-hybridized carbons (Fsp3) is 0.571. The van der Waals surface area contributed by atoms with Crippen LogP contribution in [0.1, 0.15) is 57.6 Å². The van der Waals surface area contributed by atoms with Gasteiger partial charge in [0.15, 0.2) is 0 Å². The molecular weight excluding hydrogens is 280 g/mol. The van der Waals surface area contributed by atoms with Crippen LogP contribution in [-0.2, 0) is 6.42 Å². The molecule has 1 saturated heterocycles. The third kappa shape index (κ3) is 4.70. The van der Waals surface area contributed by atoms with Gasteiger partial charge in [0.25, 0.3) is 0 Å². The Kier molecular flexibility index (Phi) is 6.04. The minimum absolute atomic E-state index is 0.540. The Morgan fingerprint density at radius 2 is 1.70 bits per heavy atom. The van der Waals surface area contributed by atoms with Crippen LogP contribution in [0.3, 0.4) is 0 Å². The number of hydrogen-bond acceptors (Lipinski definition) is 1. The zero-order valence-electron chi connectivity index (χ0n) is 15.4. The zero-order chi connectivity index (χ0) is 16.9. The first kappa shape index (κ1) is 17.8. The molecule has 0 radical (unpaired) electrons. The van der Waals surface area contributed by atoms with Crippen molar-refractivity contribution in [1.82, 2.24) is 4.90 Å². The Labute approximate surface area is 142 Å². The number of hydrogen-bond donors (Lipinski definition) is 0. The van der Waals surface area contributed by atoms with E-state index in [1.165, 1.54) is 49.9 Å². The first-order chi connectivity index (χ1) is 11.0. The van der Waals surface area contributed by atoms with Crippen molar-refractivity contribution < 1.29 is 0 Å². The molecule has 1 aliphatic heterocycles. The SMILES string of the molecule is C=C(Cc1ccc(C)cc1)N=C(C)N1CC(CCC)(CCC)C1. The normalized spacial score (nSPS) is 17.0. The van der Waals surface area contributed by atoms with E-state index in [9.17, 15) is 0 Å². The molecule has 2 nitrogen and oxygen atoms in total. The highest BCUT2D eigenvalue weighted by Gasteiger charge is 2.41. The van der Waals surface area contributed by atoms with Crippen LogP contribution in [0.15, 0.2) is 41.5 Å². The number of allylic oxidation sites excluding steroid dienone is 1. The van der Waals surface area contributed by atoms with E-state index in [1.807, 2.05) is 0 Å². The van der Waals surface area contributed by atoms with Crippen LogP contribution in [0, 0.1) is 12.3 Å². The minimum atomic E-state index is 0.540. The van der Waals surface area contributed by atoms with Gasteiger partial charge in [0, 0.05) is 30.6 Å². The third-order valence-corrected chi connectivity index (χ3v) is 4.92. The molecule has 0 aromatic heterocycles. The molecule has 1 heterocycles. The van der Waals surface area contributed by atoms with E-state index in [-0.39, 0.29) is 0 Å². The number of amidine groups is 1. The number of nitrogens with zero attached hydrogens (tertiary/aromatic N) is 2. The Bertz CT molecular complexity index is 540. The molecule has 0 N–H and O–H groups in total. The van der Waals surface area contributed by atoms with E-state index >= 15 is 0 Å². The summed E-state index contributed by atoms with van der Waals surface area (Å²) in [6, 6.07) is 8.64. The fourth-order valence-electron chi connectivity index (χ4n) is 3.77. The predicted octanol–water partition coefficient (Wildman–Crippen LogP) is 5.37. The zero-order valence-corrected chi connectivity index (χ0v) is 15.4. The van der Waals surface area contributed by atoms with Gasteiger partial charge in [-0.1, -0.05) is 63.1 Å². The average Bonchev–Trinajstić information content (AvgIpc) is 2.46. The standard InChI is InChI=1S/C21H32N2/c1-6-12-21(13-7-2)15-23(16-21)19(5)22-18(4)14-20-10-8-17(3)9-11-20/h8-11H,4,6-7,12-16H2,1-3,5H3. The average molecular weight is 313 g/mol. The lowest BCUT2D eigenvalue weighted by atomic mass is 9.72. The first-order valence-corrected chi connectivity index (χ1v) is 9.01. The van der Waals surface area contributed by atoms with Gasteiger partial charge in [-0.05, 0) is 32.3 Å². The molecular formula is C21H32N2. The largest absolute Gasteiger partial charge is 0.359 e. The molecule has 0 saturated carbocycles. The number of benzene rings is 1. The van der Waals surface area contributed by atoms with E-state index in [2.05, 4.69) is 63.4 Å². The van der Waals surface area contributed by atoms with Crippen LogP contribution in [-0.4, -0.2) is 23.8 Å². The molecule has 0 bridgehead atoms. The summed E-state index contributed by atoms with van der Waals surface area (Å²) in [7, 11) is 0. The summed E-state index contributed by atoms with van der Waals surface area (Å²) in [5.41, 5.74) is 4.07. The van der Waals surface area contributed by atoms with Crippen LogP contribution in [0.2, 0.25) is 0 Å². The summed E-state index contributed by atoms with van der Waals surface area (Å²) >= 11 is 0. The second-order valence-corrected chi connectivity index (χ2v) is 7.24. The summed E-state index contributed by atoms with van der Waals surface area (Å²) in [5, 5.41) is 0. The van der Waals surface area contributed by atoms with Gasteiger partial charge in [-0.15, -0.1) is 0 Å². The van der Waals surface area contributed by atoms with Crippen LogP contribution in [0.5, 0.6) is 0 Å². The minimum Gasteiger partial charge on any atom is -0.359 e. The van der Waals surface area contributed by atoms with Gasteiger partial charge in [0.1, 0.15) is 5.84 Å². The molecule has 1 aromatic rings. The van der Waals surface area contributed by atoms with Gasteiger partial charge < -0.3 is 4.90 Å². The van der Waals surface area contributed by atoms with Crippen molar-refractivity contribution in [2.75, 3.05) is 13.1 Å². The van der Waals surface area contributed by atoms with Crippen LogP contribution in [0.25, 0.3) is 0 Å². The number of rotatable bonds is 7. The molecule has 0 atom stereocenters. The Morgan fingerprint density at radius 3 is 2.22 bits per heavy atom. The van der Waals surface area contributed by atoms with Gasteiger partial charge in [-0.3, -0.25) is 0 Å². The van der Waals surface area contributed by atoms with E-state index < -0.39 is 0 Å². The third-order valence-electron chi connectivity index (χ3n) is 4.92. The Balaban J connectivity index is 1.90. The summed E-state index contributed by atoms with van der Waals surface area (Å²) in [4.78, 5) is 7.17. The Hall–Kier alpha value is -1.57. The lowest BCUT2D eigenvalue weighted by Gasteiger charge is -2.51. The van der Waals surface area contributed by atoms with E-state index in [0.29, 0.717) is 5.41 Å². The lowest BCUT2D eigenvalue weighted by Crippen LogP contribution is -2.57. The van der Waals surface area contributed by atoms with Gasteiger partial charge in [0.2, 0.25) is 0 Å². The maximum atomic E-state index is 4.75. The molecule has 2 heteroatoms. The van der Waals surface area contributed by atoms with Crippen molar-refractivity contribution in [3.63, 3.8) is 0 Å². The second kappa shape index (κ2) is 7.81. The summed E-state index contributed by atoms with van der Waals surface area (Å²) in [6.45, 7) is 15.3. The van der Waals surface area contributed by atoms with Crippen molar-refractivity contribution in [3.8, 4) is 0 Å². The van der Waals surface area contributed by atoms with Gasteiger partial charge in [-0.25, -0.2) is 4.99 Å². The lowest BCUT2D eigenvalue weighted by molar-refractivity contribution is 0.0384. The fourth-order valence-corrected chi connectivity index (χ4v) is 3.77. The number of aliphatic imine (C=N–C) groups is 1. The van der Waals surface area contributed by atoms with Crippen LogP contribution in [0.4, 0.5) is 0 Å². The maximum absolute atomic E-state index is 4.75. The molecule has 2 rings (SSSR count). The molecule has 1 aromatic carbocycles. The summed E-state index contributed by atoms with van der Waals surface area (Å²) in [6.07, 6.45) is 6.08. The van der Waals surface area contributed by atoms with E-state index in [0.717, 1.165) is 18.0 Å². The molecule has 0 spiro atoms. The maximum Gasteiger partial charge on any atom is 0.101 e. The van der Waals surface area contributed by atoms with Gasteiger partial charge in [-0.2, -0.15) is 0 Å². The van der Waals surface area contributed by atoms with Crippen molar-refractivity contribution in [1.29, 1.82) is 0 Å². The van der Waals surface area contributed by atoms with Gasteiger partial charge in [0.05, 0.1) is 0 Å². The smallest absolute Gasteiger partial charge is 0.101 e. The topological polar surface area (TPSA) is 15.6 Å². The molecule has 1 fully saturated rings. The van der Waals surface area contributed by atoms with Crippen molar-refractivity contribution >= 4 is 5.84 Å². The first-order valence-electron chi connectivity index (χ1n) is 9.01. The second-order valence-electron chi connectivity index (χ2n) is 7.24. The molecule has 0 amide bonds. The van der Waals surface area contributed by atoms with Gasteiger partial charge >= 0.3 is 0 Å². The van der Waals surface area contributed by atoms with Crippen molar-refractivity contribution in [2.24, 2.45) is 10.4 Å². The molecule has 23 heavy (non-hydrogen) atoms. The number of likely N-dealkylation sites (tertiary alicyclic amines) is 1. The predicted molar refractivity (Wildman–Crippen MR) is 101 cm³/mol. The molecule has 0 unspecified atom stereocenters. The van der Waals surface area contributed by atoms with E-state index in [4.69, 9.17) is 4.99 Å². The summed E-state index contributed by atoms with van der Waals surface area (Å²) in [5.74, 6) is 1.13. The van der Waals surface area contributed by atoms with Crippen LogP contribution < -0.4 is 0 Å². The molecule has 1 aliphatic rings.